The Kier molecular flexibility index (Phi) is 4.49. The van der Waals surface area contributed by atoms with E-state index in [-0.39, 0.29) is 0 Å². The predicted molar refractivity (Wildman–Crippen MR) is 88.5 cm³/mol. The first-order valence-corrected chi connectivity index (χ1v) is 7.41. The van der Waals surface area contributed by atoms with Crippen molar-refractivity contribution in [2.24, 2.45) is 0 Å². The molecule has 0 radical (unpaired) electrons. The van der Waals surface area contributed by atoms with E-state index in [4.69, 9.17) is 0 Å². The number of benzene rings is 2. The molecule has 2 rings (SSSR count). The van der Waals surface area contributed by atoms with Crippen LogP contribution in [-0.2, 0) is 0 Å². The van der Waals surface area contributed by atoms with Gasteiger partial charge in [-0.3, -0.25) is 0 Å². The lowest BCUT2D eigenvalue weighted by molar-refractivity contribution is 0.840. The molecule has 20 heavy (non-hydrogen) atoms. The number of aryl methyl sites for hydroxylation is 2. The molecule has 106 valence electrons. The zero-order valence-electron chi connectivity index (χ0n) is 13.2. The summed E-state index contributed by atoms with van der Waals surface area (Å²) in [6, 6.07) is 15.7. The molecule has 0 saturated heterocycles. The Morgan fingerprint density at radius 1 is 0.850 bits per heavy atom. The van der Waals surface area contributed by atoms with Crippen LogP contribution in [0.15, 0.2) is 42.5 Å². The van der Waals surface area contributed by atoms with E-state index in [1.807, 2.05) is 0 Å². The van der Waals surface area contributed by atoms with Crippen molar-refractivity contribution in [1.82, 2.24) is 0 Å². The third-order valence-corrected chi connectivity index (χ3v) is 3.70. The van der Waals surface area contributed by atoms with E-state index in [0.717, 1.165) is 0 Å². The van der Waals surface area contributed by atoms with Crippen LogP contribution in [0.1, 0.15) is 55.0 Å². The Morgan fingerprint density at radius 3 is 2.05 bits per heavy atom. The third-order valence-electron chi connectivity index (χ3n) is 3.70. The molecule has 0 fully saturated rings. The summed E-state index contributed by atoms with van der Waals surface area (Å²) in [5, 5.41) is 3.66. The van der Waals surface area contributed by atoms with Crippen molar-refractivity contribution >= 4 is 5.69 Å². The monoisotopic (exact) mass is 267 g/mol. The summed E-state index contributed by atoms with van der Waals surface area (Å²) >= 11 is 0. The van der Waals surface area contributed by atoms with Gasteiger partial charge in [0, 0.05) is 11.7 Å². The van der Waals surface area contributed by atoms with E-state index in [9.17, 15) is 0 Å². The summed E-state index contributed by atoms with van der Waals surface area (Å²) in [6.45, 7) is 11.0. The topological polar surface area (TPSA) is 12.0 Å². The Labute approximate surface area is 123 Å². The lowest BCUT2D eigenvalue weighted by atomic mass is 9.99. The third kappa shape index (κ3) is 3.41. The van der Waals surface area contributed by atoms with Crippen molar-refractivity contribution < 1.29 is 0 Å². The van der Waals surface area contributed by atoms with Gasteiger partial charge in [-0.25, -0.2) is 0 Å². The van der Waals surface area contributed by atoms with Crippen molar-refractivity contribution in [3.8, 4) is 0 Å². The summed E-state index contributed by atoms with van der Waals surface area (Å²) < 4.78 is 0. The number of rotatable bonds is 4. The van der Waals surface area contributed by atoms with E-state index in [1.54, 1.807) is 0 Å². The van der Waals surface area contributed by atoms with Gasteiger partial charge in [-0.2, -0.15) is 0 Å². The lowest BCUT2D eigenvalue weighted by Crippen LogP contribution is -2.09. The van der Waals surface area contributed by atoms with E-state index >= 15 is 0 Å². The highest BCUT2D eigenvalue weighted by molar-refractivity contribution is 5.54. The summed E-state index contributed by atoms with van der Waals surface area (Å²) in [6.07, 6.45) is 0. The molecule has 0 aliphatic carbocycles. The van der Waals surface area contributed by atoms with Gasteiger partial charge in [0.15, 0.2) is 0 Å². The molecule has 2 aromatic carbocycles. The Morgan fingerprint density at radius 2 is 1.45 bits per heavy atom. The summed E-state index contributed by atoms with van der Waals surface area (Å²) in [7, 11) is 0. The molecule has 0 aliphatic heterocycles. The van der Waals surface area contributed by atoms with Gasteiger partial charge < -0.3 is 5.32 Å². The molecule has 0 bridgehead atoms. The van der Waals surface area contributed by atoms with Crippen LogP contribution in [-0.4, -0.2) is 0 Å². The van der Waals surface area contributed by atoms with Gasteiger partial charge in [0.2, 0.25) is 0 Å². The van der Waals surface area contributed by atoms with E-state index in [1.165, 1.54) is 27.9 Å². The second kappa shape index (κ2) is 6.13. The SMILES string of the molecule is Cc1cc(C)cc(C(C)Nc2ccccc2C(C)C)c1. The minimum atomic E-state index is 0.313. The number of anilines is 1. The average Bonchev–Trinajstić information content (AvgIpc) is 2.37. The average molecular weight is 267 g/mol. The fourth-order valence-electron chi connectivity index (χ4n) is 2.71. The van der Waals surface area contributed by atoms with E-state index < -0.39 is 0 Å². The zero-order chi connectivity index (χ0) is 14.7. The maximum atomic E-state index is 3.66. The van der Waals surface area contributed by atoms with Crippen LogP contribution < -0.4 is 5.32 Å². The zero-order valence-corrected chi connectivity index (χ0v) is 13.2. The van der Waals surface area contributed by atoms with Gasteiger partial charge in [0.25, 0.3) is 0 Å². The molecule has 1 heteroatoms. The van der Waals surface area contributed by atoms with Crippen LogP contribution >= 0.6 is 0 Å². The van der Waals surface area contributed by atoms with Gasteiger partial charge >= 0.3 is 0 Å². The van der Waals surface area contributed by atoms with E-state index in [0.29, 0.717) is 12.0 Å². The minimum absolute atomic E-state index is 0.313. The smallest absolute Gasteiger partial charge is 0.0485 e. The molecule has 1 unspecified atom stereocenters. The standard InChI is InChI=1S/C19H25N/c1-13(2)18-8-6-7-9-19(18)20-16(5)17-11-14(3)10-15(4)12-17/h6-13,16,20H,1-5H3. The fraction of sp³-hybridized carbons (Fsp3) is 0.368. The first-order chi connectivity index (χ1) is 9.47. The largest absolute Gasteiger partial charge is 0.378 e. The normalized spacial score (nSPS) is 12.5. The molecule has 0 spiro atoms. The first-order valence-electron chi connectivity index (χ1n) is 7.41. The number of para-hydroxylation sites is 1. The van der Waals surface area contributed by atoms with Crippen molar-refractivity contribution in [3.63, 3.8) is 0 Å². The number of hydrogen-bond donors (Lipinski definition) is 1. The van der Waals surface area contributed by atoms with Gasteiger partial charge in [-0.1, -0.05) is 61.4 Å². The fourth-order valence-corrected chi connectivity index (χ4v) is 2.71. The summed E-state index contributed by atoms with van der Waals surface area (Å²) in [5.74, 6) is 0.533. The van der Waals surface area contributed by atoms with Crippen molar-refractivity contribution in [1.29, 1.82) is 0 Å². The molecular formula is C19H25N. The van der Waals surface area contributed by atoms with Gasteiger partial charge in [-0.05, 0) is 43.9 Å². The quantitative estimate of drug-likeness (QED) is 0.760. The maximum Gasteiger partial charge on any atom is 0.0485 e. The number of hydrogen-bond acceptors (Lipinski definition) is 1. The maximum absolute atomic E-state index is 3.66. The molecule has 0 heterocycles. The molecular weight excluding hydrogens is 242 g/mol. The molecule has 1 nitrogen and oxygen atoms in total. The van der Waals surface area contributed by atoms with Crippen LogP contribution in [0.2, 0.25) is 0 Å². The second-order valence-electron chi connectivity index (χ2n) is 6.03. The Bertz CT molecular complexity index is 564. The second-order valence-corrected chi connectivity index (χ2v) is 6.03. The molecule has 2 aromatic rings. The predicted octanol–water partition coefficient (Wildman–Crippen LogP) is 5.60. The van der Waals surface area contributed by atoms with Crippen molar-refractivity contribution in [2.45, 2.75) is 46.6 Å². The lowest BCUT2D eigenvalue weighted by Gasteiger charge is -2.21. The van der Waals surface area contributed by atoms with Crippen molar-refractivity contribution in [3.05, 3.63) is 64.7 Å². The van der Waals surface area contributed by atoms with Gasteiger partial charge in [-0.15, -0.1) is 0 Å². The van der Waals surface area contributed by atoms with Crippen molar-refractivity contribution in [2.75, 3.05) is 5.32 Å². The number of nitrogens with one attached hydrogen (secondary N) is 1. The molecule has 0 aliphatic rings. The molecule has 0 aromatic heterocycles. The molecule has 1 N–H and O–H groups in total. The van der Waals surface area contributed by atoms with Gasteiger partial charge in [0.1, 0.15) is 0 Å². The molecule has 1 atom stereocenters. The van der Waals surface area contributed by atoms with E-state index in [2.05, 4.69) is 82.4 Å². The van der Waals surface area contributed by atoms with Crippen LogP contribution in [0.3, 0.4) is 0 Å². The molecule has 0 saturated carbocycles. The minimum Gasteiger partial charge on any atom is -0.378 e. The Balaban J connectivity index is 2.25. The van der Waals surface area contributed by atoms with Crippen LogP contribution in [0.25, 0.3) is 0 Å². The molecule has 0 amide bonds. The highest BCUT2D eigenvalue weighted by atomic mass is 14.9. The van der Waals surface area contributed by atoms with Crippen LogP contribution in [0, 0.1) is 13.8 Å². The van der Waals surface area contributed by atoms with Crippen LogP contribution in [0.4, 0.5) is 5.69 Å². The van der Waals surface area contributed by atoms with Crippen LogP contribution in [0.5, 0.6) is 0 Å². The first kappa shape index (κ1) is 14.6. The Hall–Kier alpha value is -1.76. The highest BCUT2D eigenvalue weighted by Crippen LogP contribution is 2.28. The summed E-state index contributed by atoms with van der Waals surface area (Å²) in [4.78, 5) is 0. The highest BCUT2D eigenvalue weighted by Gasteiger charge is 2.10. The summed E-state index contributed by atoms with van der Waals surface area (Å²) in [5.41, 5.74) is 6.62. The van der Waals surface area contributed by atoms with Gasteiger partial charge in [0.05, 0.1) is 0 Å².